The van der Waals surface area contributed by atoms with Crippen LogP contribution in [0, 0.1) is 0 Å². The van der Waals surface area contributed by atoms with E-state index in [2.05, 4.69) is 29.0 Å². The van der Waals surface area contributed by atoms with Crippen molar-refractivity contribution in [2.75, 3.05) is 13.2 Å². The van der Waals surface area contributed by atoms with Crippen molar-refractivity contribution in [3.8, 4) is 0 Å². The highest BCUT2D eigenvalue weighted by molar-refractivity contribution is 6.35. The van der Waals surface area contributed by atoms with Crippen molar-refractivity contribution in [3.63, 3.8) is 0 Å². The molecule has 1 aromatic carbocycles. The minimum Gasteiger partial charge on any atom is -0.447 e. The molecule has 0 bridgehead atoms. The number of rotatable bonds is 9. The Balaban J connectivity index is 1.62. The van der Waals surface area contributed by atoms with E-state index in [0.29, 0.717) is 35.6 Å². The topological polar surface area (TPSA) is 67.6 Å². The van der Waals surface area contributed by atoms with Gasteiger partial charge in [-0.2, -0.15) is 0 Å². The molecule has 1 aliphatic rings. The zero-order valence-corrected chi connectivity index (χ0v) is 18.3. The molecular formula is C21H27Cl2N3O3. The highest BCUT2D eigenvalue weighted by Crippen LogP contribution is 2.24. The van der Waals surface area contributed by atoms with Gasteiger partial charge in [-0.3, -0.25) is 9.69 Å². The maximum Gasteiger partial charge on any atom is 0.273 e. The van der Waals surface area contributed by atoms with Crippen LogP contribution in [0.5, 0.6) is 0 Å². The van der Waals surface area contributed by atoms with Crippen LogP contribution in [0.3, 0.4) is 0 Å². The molecule has 0 radical (unpaired) electrons. The molecule has 1 aromatic heterocycles. The monoisotopic (exact) mass is 439 g/mol. The van der Waals surface area contributed by atoms with E-state index in [1.165, 1.54) is 6.26 Å². The van der Waals surface area contributed by atoms with Gasteiger partial charge in [-0.1, -0.05) is 36.2 Å². The maximum absolute atomic E-state index is 12.3. The Morgan fingerprint density at radius 3 is 2.90 bits per heavy atom. The van der Waals surface area contributed by atoms with Crippen LogP contribution in [0.2, 0.25) is 10.0 Å². The molecule has 1 aliphatic heterocycles. The number of hydrogen-bond acceptors (Lipinski definition) is 5. The Morgan fingerprint density at radius 1 is 1.38 bits per heavy atom. The predicted octanol–water partition coefficient (Wildman–Crippen LogP) is 4.69. The molecule has 2 heterocycles. The lowest BCUT2D eigenvalue weighted by atomic mass is 10.1. The van der Waals surface area contributed by atoms with Crippen molar-refractivity contribution >= 4 is 29.1 Å². The van der Waals surface area contributed by atoms with Crippen LogP contribution in [0.4, 0.5) is 0 Å². The fourth-order valence-corrected chi connectivity index (χ4v) is 3.73. The van der Waals surface area contributed by atoms with Gasteiger partial charge >= 0.3 is 0 Å². The number of nitrogens with zero attached hydrogens (tertiary/aromatic N) is 2. The van der Waals surface area contributed by atoms with Crippen LogP contribution in [-0.2, 0) is 17.8 Å². The average molecular weight is 440 g/mol. The lowest BCUT2D eigenvalue weighted by Crippen LogP contribution is -2.32. The number of carbonyl (C=O) groups excluding carboxylic acids is 1. The largest absolute Gasteiger partial charge is 0.447 e. The molecule has 0 spiro atoms. The molecule has 158 valence electrons. The molecule has 2 atom stereocenters. The van der Waals surface area contributed by atoms with E-state index in [1.54, 1.807) is 6.07 Å². The SMILES string of the molecule is CCC(C)N(Cc1nc(C(=O)NCC2CCCO2)co1)Cc1ccc(Cl)cc1Cl. The summed E-state index contributed by atoms with van der Waals surface area (Å²) in [6.45, 7) is 6.64. The van der Waals surface area contributed by atoms with Gasteiger partial charge in [0.1, 0.15) is 6.26 Å². The van der Waals surface area contributed by atoms with Crippen molar-refractivity contribution in [2.45, 2.75) is 58.3 Å². The van der Waals surface area contributed by atoms with Gasteiger partial charge in [-0.05, 0) is 43.9 Å². The Kier molecular flexibility index (Phi) is 7.95. The summed E-state index contributed by atoms with van der Waals surface area (Å²) in [7, 11) is 0. The van der Waals surface area contributed by atoms with E-state index in [4.69, 9.17) is 32.4 Å². The highest BCUT2D eigenvalue weighted by atomic mass is 35.5. The first-order chi connectivity index (χ1) is 14.0. The third-order valence-corrected chi connectivity index (χ3v) is 5.83. The Morgan fingerprint density at radius 2 is 2.21 bits per heavy atom. The zero-order chi connectivity index (χ0) is 20.8. The quantitative estimate of drug-likeness (QED) is 0.613. The summed E-state index contributed by atoms with van der Waals surface area (Å²) in [5.74, 6) is 0.254. The van der Waals surface area contributed by atoms with Gasteiger partial charge in [0, 0.05) is 35.8 Å². The summed E-state index contributed by atoms with van der Waals surface area (Å²) in [6.07, 6.45) is 4.47. The summed E-state index contributed by atoms with van der Waals surface area (Å²) in [6, 6.07) is 5.79. The molecule has 8 heteroatoms. The molecule has 6 nitrogen and oxygen atoms in total. The van der Waals surface area contributed by atoms with E-state index in [9.17, 15) is 4.79 Å². The summed E-state index contributed by atoms with van der Waals surface area (Å²) in [5, 5.41) is 4.11. The summed E-state index contributed by atoms with van der Waals surface area (Å²) < 4.78 is 11.1. The lowest BCUT2D eigenvalue weighted by Gasteiger charge is -2.27. The fraction of sp³-hybridized carbons (Fsp3) is 0.524. The minimum absolute atomic E-state index is 0.0929. The summed E-state index contributed by atoms with van der Waals surface area (Å²) >= 11 is 12.3. The number of aromatic nitrogens is 1. The highest BCUT2D eigenvalue weighted by Gasteiger charge is 2.21. The zero-order valence-electron chi connectivity index (χ0n) is 16.8. The molecular weight excluding hydrogens is 413 g/mol. The van der Waals surface area contributed by atoms with Gasteiger partial charge in [-0.15, -0.1) is 0 Å². The van der Waals surface area contributed by atoms with Gasteiger partial charge < -0.3 is 14.5 Å². The molecule has 0 saturated carbocycles. The number of hydrogen-bond donors (Lipinski definition) is 1. The number of carbonyl (C=O) groups is 1. The van der Waals surface area contributed by atoms with Gasteiger partial charge in [-0.25, -0.2) is 4.98 Å². The van der Waals surface area contributed by atoms with E-state index in [1.807, 2.05) is 12.1 Å². The van der Waals surface area contributed by atoms with E-state index >= 15 is 0 Å². The van der Waals surface area contributed by atoms with Gasteiger partial charge in [0.25, 0.3) is 5.91 Å². The number of benzene rings is 1. The number of nitrogens with one attached hydrogen (secondary N) is 1. The number of amides is 1. The maximum atomic E-state index is 12.3. The first-order valence-corrected chi connectivity index (χ1v) is 10.7. The first-order valence-electron chi connectivity index (χ1n) is 9.98. The van der Waals surface area contributed by atoms with Crippen LogP contribution in [0.25, 0.3) is 0 Å². The Hall–Kier alpha value is -1.60. The van der Waals surface area contributed by atoms with E-state index in [-0.39, 0.29) is 23.7 Å². The third kappa shape index (κ3) is 6.19. The van der Waals surface area contributed by atoms with Gasteiger partial charge in [0.05, 0.1) is 12.6 Å². The first kappa shape index (κ1) is 22.1. The molecule has 3 rings (SSSR count). The fourth-order valence-electron chi connectivity index (χ4n) is 3.26. The Bertz CT molecular complexity index is 821. The molecule has 1 amide bonds. The van der Waals surface area contributed by atoms with Crippen LogP contribution in [0.1, 0.15) is 55.1 Å². The molecule has 29 heavy (non-hydrogen) atoms. The second-order valence-corrected chi connectivity index (χ2v) is 8.21. The van der Waals surface area contributed by atoms with Crippen molar-refractivity contribution < 1.29 is 13.9 Å². The van der Waals surface area contributed by atoms with Crippen LogP contribution < -0.4 is 5.32 Å². The van der Waals surface area contributed by atoms with E-state index < -0.39 is 0 Å². The lowest BCUT2D eigenvalue weighted by molar-refractivity contribution is 0.0853. The second kappa shape index (κ2) is 10.4. The normalized spacial score (nSPS) is 17.6. The van der Waals surface area contributed by atoms with Crippen molar-refractivity contribution in [1.82, 2.24) is 15.2 Å². The summed E-state index contributed by atoms with van der Waals surface area (Å²) in [4.78, 5) is 18.9. The molecule has 2 unspecified atom stereocenters. The number of ether oxygens (including phenoxy) is 1. The second-order valence-electron chi connectivity index (χ2n) is 7.37. The van der Waals surface area contributed by atoms with Crippen molar-refractivity contribution in [3.05, 3.63) is 51.7 Å². The van der Waals surface area contributed by atoms with E-state index in [0.717, 1.165) is 31.4 Å². The average Bonchev–Trinajstić information content (AvgIpc) is 3.39. The van der Waals surface area contributed by atoms with Crippen molar-refractivity contribution in [1.29, 1.82) is 0 Å². The summed E-state index contributed by atoms with van der Waals surface area (Å²) in [5.41, 5.74) is 1.27. The van der Waals surface area contributed by atoms with Gasteiger partial charge in [0.15, 0.2) is 5.69 Å². The molecule has 0 aliphatic carbocycles. The smallest absolute Gasteiger partial charge is 0.273 e. The minimum atomic E-state index is -0.244. The predicted molar refractivity (Wildman–Crippen MR) is 113 cm³/mol. The van der Waals surface area contributed by atoms with Crippen LogP contribution >= 0.6 is 23.2 Å². The Labute approximate surface area is 181 Å². The third-order valence-electron chi connectivity index (χ3n) is 5.24. The van der Waals surface area contributed by atoms with Gasteiger partial charge in [0.2, 0.25) is 5.89 Å². The van der Waals surface area contributed by atoms with Crippen molar-refractivity contribution in [2.24, 2.45) is 0 Å². The number of oxazole rings is 1. The van der Waals surface area contributed by atoms with Crippen LogP contribution in [-0.4, -0.2) is 41.1 Å². The molecule has 1 fully saturated rings. The molecule has 1 N–H and O–H groups in total. The molecule has 2 aromatic rings. The standard InChI is InChI=1S/C21H27Cl2N3O3/c1-3-14(2)26(11-15-6-7-16(22)9-18(15)23)12-20-25-19(13-29-20)21(27)24-10-17-5-4-8-28-17/h6-7,9,13-14,17H,3-5,8,10-12H2,1-2H3,(H,24,27). The molecule has 1 saturated heterocycles. The van der Waals surface area contributed by atoms with Crippen LogP contribution in [0.15, 0.2) is 28.9 Å². The number of halogens is 2.